The quantitative estimate of drug-likeness (QED) is 0.693. The lowest BCUT2D eigenvalue weighted by atomic mass is 9.97. The Labute approximate surface area is 125 Å². The molecular weight excluding hydrogens is 274 g/mol. The van der Waals surface area contributed by atoms with Gasteiger partial charge in [0.25, 0.3) is 0 Å². The van der Waals surface area contributed by atoms with Gasteiger partial charge in [-0.1, -0.05) is 6.42 Å². The molecule has 0 spiro atoms. The Balaban J connectivity index is 2.19. The number of rotatable bonds is 1. The lowest BCUT2D eigenvalue weighted by Crippen LogP contribution is -2.48. The number of fused-ring (bicyclic) bond motifs is 1. The molecule has 2 aliphatic rings. The van der Waals surface area contributed by atoms with Gasteiger partial charge < -0.3 is 14.2 Å². The lowest BCUT2D eigenvalue weighted by Gasteiger charge is -2.28. The van der Waals surface area contributed by atoms with E-state index in [1.807, 2.05) is 20.8 Å². The van der Waals surface area contributed by atoms with Gasteiger partial charge in [-0.15, -0.1) is 0 Å². The van der Waals surface area contributed by atoms with E-state index in [9.17, 15) is 9.59 Å². The molecule has 0 radical (unpaired) electrons. The minimum absolute atomic E-state index is 0.170. The Kier molecular flexibility index (Phi) is 4.76. The Bertz CT molecular complexity index is 403. The second-order valence-electron chi connectivity index (χ2n) is 6.69. The molecule has 2 saturated heterocycles. The third-order valence-electron chi connectivity index (χ3n) is 3.89. The van der Waals surface area contributed by atoms with Gasteiger partial charge >= 0.3 is 12.1 Å². The van der Waals surface area contributed by atoms with Crippen LogP contribution in [-0.4, -0.2) is 55.0 Å². The highest BCUT2D eigenvalue weighted by molar-refractivity contribution is 5.83. The highest BCUT2D eigenvalue weighted by Crippen LogP contribution is 2.34. The maximum absolute atomic E-state index is 12.4. The normalized spacial score (nSPS) is 29.5. The van der Waals surface area contributed by atoms with E-state index in [0.29, 0.717) is 13.2 Å². The van der Waals surface area contributed by atoms with Crippen molar-refractivity contribution in [2.24, 2.45) is 5.92 Å². The second kappa shape index (κ2) is 6.22. The molecule has 0 unspecified atom stereocenters. The number of amides is 1. The van der Waals surface area contributed by atoms with Gasteiger partial charge in [-0.05, 0) is 33.6 Å². The van der Waals surface area contributed by atoms with Gasteiger partial charge in [0.1, 0.15) is 5.60 Å². The summed E-state index contributed by atoms with van der Waals surface area (Å²) in [5, 5.41) is 0. The van der Waals surface area contributed by atoms with Crippen LogP contribution in [0.1, 0.15) is 40.0 Å². The molecule has 2 aliphatic heterocycles. The summed E-state index contributed by atoms with van der Waals surface area (Å²) < 4.78 is 16.1. The summed E-state index contributed by atoms with van der Waals surface area (Å²) in [4.78, 5) is 25.9. The summed E-state index contributed by atoms with van der Waals surface area (Å²) in [6.45, 7) is 6.53. The van der Waals surface area contributed by atoms with E-state index in [4.69, 9.17) is 14.2 Å². The monoisotopic (exact) mass is 299 g/mol. The highest BCUT2D eigenvalue weighted by Gasteiger charge is 2.50. The van der Waals surface area contributed by atoms with Crippen molar-refractivity contribution in [3.8, 4) is 0 Å². The summed E-state index contributed by atoms with van der Waals surface area (Å²) in [5.41, 5.74) is -0.594. The van der Waals surface area contributed by atoms with Gasteiger partial charge in [0.2, 0.25) is 0 Å². The van der Waals surface area contributed by atoms with Crippen LogP contribution in [0.15, 0.2) is 0 Å². The largest absolute Gasteiger partial charge is 0.467 e. The first-order chi connectivity index (χ1) is 9.83. The third-order valence-corrected chi connectivity index (χ3v) is 3.89. The molecule has 6 nitrogen and oxygen atoms in total. The first-order valence-electron chi connectivity index (χ1n) is 7.52. The molecule has 0 aliphatic carbocycles. The average molecular weight is 299 g/mol. The van der Waals surface area contributed by atoms with Gasteiger partial charge in [0, 0.05) is 19.1 Å². The van der Waals surface area contributed by atoms with Crippen molar-refractivity contribution in [1.82, 2.24) is 4.90 Å². The van der Waals surface area contributed by atoms with Crippen LogP contribution in [0.4, 0.5) is 4.79 Å². The van der Waals surface area contributed by atoms with Crippen LogP contribution in [0.2, 0.25) is 0 Å². The standard InChI is InChI=1S/C15H25NO5/c1-15(2,3)21-14(18)16-9-10-7-5-6-8-20-12(10)11(16)13(17)19-4/h10-12H,5-9H2,1-4H3/t10-,11-,12+/m0/s1. The van der Waals surface area contributed by atoms with E-state index in [1.54, 1.807) is 0 Å². The molecule has 2 heterocycles. The number of likely N-dealkylation sites (tertiary alicyclic amines) is 1. The molecule has 0 aromatic heterocycles. The van der Waals surface area contributed by atoms with Crippen molar-refractivity contribution in [1.29, 1.82) is 0 Å². The fraction of sp³-hybridized carbons (Fsp3) is 0.867. The van der Waals surface area contributed by atoms with Gasteiger partial charge in [-0.25, -0.2) is 9.59 Å². The zero-order valence-electron chi connectivity index (χ0n) is 13.3. The molecule has 0 aromatic rings. The maximum Gasteiger partial charge on any atom is 0.411 e. The SMILES string of the molecule is COC(=O)[C@@H]1[C@@H]2OCCCC[C@H]2CN1C(=O)OC(C)(C)C. The molecule has 21 heavy (non-hydrogen) atoms. The van der Waals surface area contributed by atoms with E-state index >= 15 is 0 Å². The number of ether oxygens (including phenoxy) is 3. The first-order valence-corrected chi connectivity index (χ1v) is 7.52. The van der Waals surface area contributed by atoms with Crippen LogP contribution in [-0.2, 0) is 19.0 Å². The minimum Gasteiger partial charge on any atom is -0.467 e. The fourth-order valence-corrected chi connectivity index (χ4v) is 3.01. The third kappa shape index (κ3) is 3.67. The predicted molar refractivity (Wildman–Crippen MR) is 75.8 cm³/mol. The topological polar surface area (TPSA) is 65.1 Å². The summed E-state index contributed by atoms with van der Waals surface area (Å²) in [6, 6.07) is -0.701. The van der Waals surface area contributed by atoms with Crippen LogP contribution in [0.25, 0.3) is 0 Å². The maximum atomic E-state index is 12.4. The molecule has 0 N–H and O–H groups in total. The van der Waals surface area contributed by atoms with Crippen LogP contribution in [0, 0.1) is 5.92 Å². The number of methoxy groups -OCH3 is 1. The highest BCUT2D eigenvalue weighted by atomic mass is 16.6. The number of esters is 1. The zero-order chi connectivity index (χ0) is 15.6. The van der Waals surface area contributed by atoms with Crippen LogP contribution >= 0.6 is 0 Å². The molecule has 0 aromatic carbocycles. The summed E-state index contributed by atoms with van der Waals surface area (Å²) in [5.74, 6) is -0.264. The van der Waals surface area contributed by atoms with E-state index in [-0.39, 0.29) is 12.0 Å². The molecule has 6 heteroatoms. The number of carbonyl (C=O) groups is 2. The number of nitrogens with zero attached hydrogens (tertiary/aromatic N) is 1. The van der Waals surface area contributed by atoms with Crippen LogP contribution in [0.3, 0.4) is 0 Å². The summed E-state index contributed by atoms with van der Waals surface area (Å²) >= 11 is 0. The molecule has 120 valence electrons. The lowest BCUT2D eigenvalue weighted by molar-refractivity contribution is -0.150. The Hall–Kier alpha value is -1.30. The van der Waals surface area contributed by atoms with Crippen molar-refractivity contribution in [2.75, 3.05) is 20.3 Å². The first kappa shape index (κ1) is 16.1. The Morgan fingerprint density at radius 1 is 1.24 bits per heavy atom. The molecule has 0 saturated carbocycles. The van der Waals surface area contributed by atoms with E-state index < -0.39 is 23.7 Å². The number of carbonyl (C=O) groups excluding carboxylic acids is 2. The van der Waals surface area contributed by atoms with Crippen molar-refractivity contribution in [3.05, 3.63) is 0 Å². The average Bonchev–Trinajstić information content (AvgIpc) is 2.59. The Morgan fingerprint density at radius 3 is 2.57 bits per heavy atom. The van der Waals surface area contributed by atoms with Crippen molar-refractivity contribution in [3.63, 3.8) is 0 Å². The molecule has 2 fully saturated rings. The summed E-state index contributed by atoms with van der Waals surface area (Å²) in [6.07, 6.45) is 2.24. The Morgan fingerprint density at radius 2 is 1.95 bits per heavy atom. The minimum atomic E-state index is -0.701. The van der Waals surface area contributed by atoms with Crippen molar-refractivity contribution < 1.29 is 23.8 Å². The van der Waals surface area contributed by atoms with E-state index in [2.05, 4.69) is 0 Å². The van der Waals surface area contributed by atoms with Crippen molar-refractivity contribution in [2.45, 2.75) is 57.8 Å². The zero-order valence-corrected chi connectivity index (χ0v) is 13.3. The molecule has 0 bridgehead atoms. The van der Waals surface area contributed by atoms with Crippen molar-refractivity contribution >= 4 is 12.1 Å². The van der Waals surface area contributed by atoms with Gasteiger partial charge in [0.15, 0.2) is 6.04 Å². The molecule has 2 rings (SSSR count). The van der Waals surface area contributed by atoms with E-state index in [0.717, 1.165) is 19.3 Å². The van der Waals surface area contributed by atoms with Gasteiger partial charge in [0.05, 0.1) is 13.2 Å². The number of hydrogen-bond acceptors (Lipinski definition) is 5. The van der Waals surface area contributed by atoms with Gasteiger partial charge in [-0.2, -0.15) is 0 Å². The molecule has 3 atom stereocenters. The molecule has 1 amide bonds. The molecular formula is C15H25NO5. The number of hydrogen-bond donors (Lipinski definition) is 0. The predicted octanol–water partition coefficient (Wildman–Crippen LogP) is 1.96. The van der Waals surface area contributed by atoms with Gasteiger partial charge in [-0.3, -0.25) is 4.90 Å². The van der Waals surface area contributed by atoms with E-state index in [1.165, 1.54) is 12.0 Å². The van der Waals surface area contributed by atoms with Crippen LogP contribution in [0.5, 0.6) is 0 Å². The second-order valence-corrected chi connectivity index (χ2v) is 6.69. The summed E-state index contributed by atoms with van der Waals surface area (Å²) in [7, 11) is 1.33. The fourth-order valence-electron chi connectivity index (χ4n) is 3.01. The smallest absolute Gasteiger partial charge is 0.411 e. The van der Waals surface area contributed by atoms with Crippen LogP contribution < -0.4 is 0 Å².